The van der Waals surface area contributed by atoms with E-state index in [0.717, 1.165) is 33.2 Å². The standard InChI is InChI=1S/C53H33N3S/c1-3-12-34(13-4-1)38-18-11-19-40(30-38)51-54-52(41-23-22-35-14-7-8-17-37(35)31-41)56-53(55-51)42-25-29-49-48(32-42)47-26-24-39(33-50(47)57-49)44-28-27-43(36-15-5-2-6-16-36)45-20-9-10-21-46(44)45/h1-33H. The summed E-state index contributed by atoms with van der Waals surface area (Å²) >= 11 is 1.83. The van der Waals surface area contributed by atoms with Crippen molar-refractivity contribution in [2.45, 2.75) is 0 Å². The highest BCUT2D eigenvalue weighted by Gasteiger charge is 2.16. The van der Waals surface area contributed by atoms with Gasteiger partial charge in [-0.2, -0.15) is 0 Å². The van der Waals surface area contributed by atoms with Crippen molar-refractivity contribution in [1.82, 2.24) is 15.0 Å². The Bertz CT molecular complexity index is 3300. The molecule has 0 spiro atoms. The van der Waals surface area contributed by atoms with Crippen molar-refractivity contribution >= 4 is 53.1 Å². The molecule has 0 fully saturated rings. The van der Waals surface area contributed by atoms with Crippen LogP contribution in [0.5, 0.6) is 0 Å². The SMILES string of the molecule is c1ccc(-c2cccc(-c3nc(-c4ccc5ccccc5c4)nc(-c4ccc5sc6cc(-c7ccc(-c8ccccc8)c8ccccc78)ccc6c5c4)n3)c2)cc1. The highest BCUT2D eigenvalue weighted by molar-refractivity contribution is 7.25. The van der Waals surface area contributed by atoms with Crippen molar-refractivity contribution in [3.63, 3.8) is 0 Å². The van der Waals surface area contributed by atoms with Crippen LogP contribution in [0.2, 0.25) is 0 Å². The zero-order valence-corrected chi connectivity index (χ0v) is 31.6. The highest BCUT2D eigenvalue weighted by atomic mass is 32.1. The number of benzene rings is 9. The molecule has 0 radical (unpaired) electrons. The Balaban J connectivity index is 1.03. The summed E-state index contributed by atoms with van der Waals surface area (Å²) in [6.07, 6.45) is 0. The van der Waals surface area contributed by atoms with Gasteiger partial charge in [-0.25, -0.2) is 15.0 Å². The van der Waals surface area contributed by atoms with Crippen molar-refractivity contribution in [2.24, 2.45) is 0 Å². The van der Waals surface area contributed by atoms with E-state index in [4.69, 9.17) is 15.0 Å². The third-order valence-corrected chi connectivity index (χ3v) is 12.1. The van der Waals surface area contributed by atoms with Crippen LogP contribution in [0, 0.1) is 0 Å². The van der Waals surface area contributed by atoms with Crippen LogP contribution in [0.1, 0.15) is 0 Å². The van der Waals surface area contributed by atoms with E-state index >= 15 is 0 Å². The van der Waals surface area contributed by atoms with Crippen molar-refractivity contribution in [3.05, 3.63) is 200 Å². The zero-order chi connectivity index (χ0) is 37.7. The minimum atomic E-state index is 0.645. The number of nitrogens with zero attached hydrogens (tertiary/aromatic N) is 3. The van der Waals surface area contributed by atoms with Crippen molar-refractivity contribution in [2.75, 3.05) is 0 Å². The Morgan fingerprint density at radius 2 is 0.807 bits per heavy atom. The first-order chi connectivity index (χ1) is 28.2. The van der Waals surface area contributed by atoms with Gasteiger partial charge < -0.3 is 0 Å². The van der Waals surface area contributed by atoms with E-state index < -0.39 is 0 Å². The molecule has 57 heavy (non-hydrogen) atoms. The molecule has 0 aliphatic heterocycles. The molecule has 266 valence electrons. The molecular weight excluding hydrogens is 711 g/mol. The third-order valence-electron chi connectivity index (χ3n) is 10.9. The van der Waals surface area contributed by atoms with Crippen LogP contribution in [0.3, 0.4) is 0 Å². The van der Waals surface area contributed by atoms with E-state index in [1.165, 1.54) is 58.6 Å². The first-order valence-electron chi connectivity index (χ1n) is 19.2. The summed E-state index contributed by atoms with van der Waals surface area (Å²) in [5, 5.41) is 7.27. The summed E-state index contributed by atoms with van der Waals surface area (Å²) in [6.45, 7) is 0. The monoisotopic (exact) mass is 743 g/mol. The predicted octanol–water partition coefficient (Wildman–Crippen LogP) is 14.5. The van der Waals surface area contributed by atoms with Crippen molar-refractivity contribution < 1.29 is 0 Å². The minimum Gasteiger partial charge on any atom is -0.208 e. The lowest BCUT2D eigenvalue weighted by atomic mass is 9.92. The quantitative estimate of drug-likeness (QED) is 0.170. The summed E-state index contributed by atoms with van der Waals surface area (Å²) in [7, 11) is 0. The van der Waals surface area contributed by atoms with E-state index in [2.05, 4.69) is 194 Å². The van der Waals surface area contributed by atoms with E-state index in [1.807, 2.05) is 17.4 Å². The van der Waals surface area contributed by atoms with Crippen LogP contribution >= 0.6 is 11.3 Å². The number of fused-ring (bicyclic) bond motifs is 5. The van der Waals surface area contributed by atoms with Crippen LogP contribution in [0.15, 0.2) is 200 Å². The fraction of sp³-hybridized carbons (Fsp3) is 0. The largest absolute Gasteiger partial charge is 0.208 e. The number of thiophene rings is 1. The highest BCUT2D eigenvalue weighted by Crippen LogP contribution is 2.41. The second-order valence-electron chi connectivity index (χ2n) is 14.4. The zero-order valence-electron chi connectivity index (χ0n) is 30.8. The molecule has 9 aromatic carbocycles. The third kappa shape index (κ3) is 6.04. The maximum Gasteiger partial charge on any atom is 0.164 e. The van der Waals surface area contributed by atoms with Gasteiger partial charge in [0.1, 0.15) is 0 Å². The molecule has 0 unspecified atom stereocenters. The predicted molar refractivity (Wildman–Crippen MR) is 240 cm³/mol. The first-order valence-corrected chi connectivity index (χ1v) is 20.0. The van der Waals surface area contributed by atoms with Crippen LogP contribution in [-0.4, -0.2) is 15.0 Å². The summed E-state index contributed by atoms with van der Waals surface area (Å²) in [4.78, 5) is 15.4. The average Bonchev–Trinajstić information content (AvgIpc) is 3.66. The number of rotatable bonds is 6. The number of hydrogen-bond acceptors (Lipinski definition) is 4. The van der Waals surface area contributed by atoms with Crippen LogP contribution in [0.25, 0.3) is 109 Å². The molecule has 0 saturated heterocycles. The minimum absolute atomic E-state index is 0.645. The Morgan fingerprint density at radius 1 is 0.263 bits per heavy atom. The van der Waals surface area contributed by atoms with Crippen LogP contribution in [0.4, 0.5) is 0 Å². The lowest BCUT2D eigenvalue weighted by molar-refractivity contribution is 1.08. The molecule has 11 rings (SSSR count). The van der Waals surface area contributed by atoms with Gasteiger partial charge in [0.15, 0.2) is 17.5 Å². The van der Waals surface area contributed by atoms with Gasteiger partial charge in [0.25, 0.3) is 0 Å². The molecular formula is C53H33N3S. The van der Waals surface area contributed by atoms with Crippen LogP contribution in [-0.2, 0) is 0 Å². The van der Waals surface area contributed by atoms with Gasteiger partial charge in [-0.1, -0.05) is 164 Å². The average molecular weight is 744 g/mol. The van der Waals surface area contributed by atoms with Crippen LogP contribution < -0.4 is 0 Å². The summed E-state index contributed by atoms with van der Waals surface area (Å²) in [5.41, 5.74) is 10.1. The fourth-order valence-electron chi connectivity index (χ4n) is 8.06. The van der Waals surface area contributed by atoms with E-state index in [1.54, 1.807) is 0 Å². The van der Waals surface area contributed by atoms with Gasteiger partial charge in [0.2, 0.25) is 0 Å². The van der Waals surface area contributed by atoms with Gasteiger partial charge >= 0.3 is 0 Å². The molecule has 3 nitrogen and oxygen atoms in total. The molecule has 0 saturated carbocycles. The maximum absolute atomic E-state index is 5.16. The molecule has 2 heterocycles. The molecule has 0 N–H and O–H groups in total. The van der Waals surface area contributed by atoms with E-state index in [-0.39, 0.29) is 0 Å². The summed E-state index contributed by atoms with van der Waals surface area (Å²) in [5.74, 6) is 1.94. The topological polar surface area (TPSA) is 38.7 Å². The van der Waals surface area contributed by atoms with Gasteiger partial charge in [0.05, 0.1) is 0 Å². The van der Waals surface area contributed by atoms with Crippen molar-refractivity contribution in [3.8, 4) is 67.5 Å². The molecule has 0 amide bonds. The molecule has 11 aromatic rings. The Labute approximate surface area is 334 Å². The normalized spacial score (nSPS) is 11.5. The molecule has 2 aromatic heterocycles. The first kappa shape index (κ1) is 33.1. The maximum atomic E-state index is 5.16. The summed E-state index contributed by atoms with van der Waals surface area (Å²) in [6, 6.07) is 71.2. The molecule has 0 atom stereocenters. The van der Waals surface area contributed by atoms with Gasteiger partial charge in [0, 0.05) is 36.9 Å². The summed E-state index contributed by atoms with van der Waals surface area (Å²) < 4.78 is 2.48. The Hall–Kier alpha value is -7.27. The molecule has 4 heteroatoms. The number of hydrogen-bond donors (Lipinski definition) is 0. The lowest BCUT2D eigenvalue weighted by Crippen LogP contribution is -2.00. The van der Waals surface area contributed by atoms with Gasteiger partial charge in [-0.3, -0.25) is 0 Å². The second kappa shape index (κ2) is 13.8. The van der Waals surface area contributed by atoms with E-state index in [0.29, 0.717) is 17.5 Å². The molecule has 0 bridgehead atoms. The molecule has 0 aliphatic carbocycles. The smallest absolute Gasteiger partial charge is 0.164 e. The Morgan fingerprint density at radius 3 is 1.54 bits per heavy atom. The fourth-order valence-corrected chi connectivity index (χ4v) is 9.19. The second-order valence-corrected chi connectivity index (χ2v) is 15.5. The van der Waals surface area contributed by atoms with Gasteiger partial charge in [-0.05, 0) is 91.3 Å². The van der Waals surface area contributed by atoms with E-state index in [9.17, 15) is 0 Å². The lowest BCUT2D eigenvalue weighted by Gasteiger charge is -2.12. The number of aromatic nitrogens is 3. The van der Waals surface area contributed by atoms with Gasteiger partial charge in [-0.15, -0.1) is 11.3 Å². The van der Waals surface area contributed by atoms with Crippen molar-refractivity contribution in [1.29, 1.82) is 0 Å². The molecule has 0 aliphatic rings. The Kier molecular flexibility index (Phi) is 8.01.